The molecule has 0 heteroatoms. The number of hydrogen-bond acceptors (Lipinski definition) is 0. The summed E-state index contributed by atoms with van der Waals surface area (Å²) in [6, 6.07) is 9.55. The zero-order valence-corrected chi connectivity index (χ0v) is 17.2. The maximum atomic E-state index is 2.57. The molecule has 0 bridgehead atoms. The molecule has 0 radical (unpaired) electrons. The van der Waals surface area contributed by atoms with Gasteiger partial charge in [-0.3, -0.25) is 0 Å². The van der Waals surface area contributed by atoms with Crippen LogP contribution in [0.25, 0.3) is 16.7 Å². The van der Waals surface area contributed by atoms with E-state index in [2.05, 4.69) is 63.3 Å². The van der Waals surface area contributed by atoms with Crippen molar-refractivity contribution in [3.63, 3.8) is 0 Å². The smallest absolute Gasteiger partial charge is 0.000719 e. The molecule has 4 rings (SSSR count). The van der Waals surface area contributed by atoms with Crippen molar-refractivity contribution in [2.45, 2.75) is 72.1 Å². The fourth-order valence-electron chi connectivity index (χ4n) is 5.10. The van der Waals surface area contributed by atoms with Crippen LogP contribution < -0.4 is 0 Å². The summed E-state index contributed by atoms with van der Waals surface area (Å²) >= 11 is 0. The van der Waals surface area contributed by atoms with Crippen LogP contribution in [0.3, 0.4) is 0 Å². The highest BCUT2D eigenvalue weighted by molar-refractivity contribution is 5.88. The lowest BCUT2D eigenvalue weighted by Crippen LogP contribution is -2.05. The largest absolute Gasteiger partial charge is 0.0801 e. The average Bonchev–Trinajstić information content (AvgIpc) is 3.31. The van der Waals surface area contributed by atoms with Gasteiger partial charge < -0.3 is 0 Å². The summed E-state index contributed by atoms with van der Waals surface area (Å²) in [5, 5.41) is 0. The number of hydrogen-bond donors (Lipinski definition) is 0. The summed E-state index contributed by atoms with van der Waals surface area (Å²) in [5.74, 6) is 0. The van der Waals surface area contributed by atoms with Crippen LogP contribution in [-0.2, 0) is 25.7 Å². The molecule has 0 unspecified atom stereocenters. The van der Waals surface area contributed by atoms with Crippen LogP contribution in [0.4, 0.5) is 0 Å². The third kappa shape index (κ3) is 3.20. The van der Waals surface area contributed by atoms with Gasteiger partial charge in [0.2, 0.25) is 0 Å². The van der Waals surface area contributed by atoms with Gasteiger partial charge in [-0.1, -0.05) is 82.5 Å². The Morgan fingerprint density at radius 3 is 2.33 bits per heavy atom. The number of aryl methyl sites for hydroxylation is 2. The van der Waals surface area contributed by atoms with Crippen LogP contribution in [-0.4, -0.2) is 0 Å². The second kappa shape index (κ2) is 7.89. The van der Waals surface area contributed by atoms with Gasteiger partial charge in [0.1, 0.15) is 0 Å². The van der Waals surface area contributed by atoms with Crippen LogP contribution in [0.2, 0.25) is 0 Å². The van der Waals surface area contributed by atoms with E-state index in [9.17, 15) is 0 Å². The standard InChI is InChI=1S/C27H32/c1-4-10-19-15-9-16-22-18-25-24(26(19)22)17-21(11-5-2)23(12-6-3)27(25)20-13-7-8-14-20/h7-9,13,15-17H,4-6,10-12,14,18H2,1-3H3. The van der Waals surface area contributed by atoms with Crippen LogP contribution in [0.15, 0.2) is 42.5 Å². The number of rotatable bonds is 7. The molecule has 27 heavy (non-hydrogen) atoms. The first-order valence-corrected chi connectivity index (χ1v) is 10.9. The topological polar surface area (TPSA) is 0 Å². The predicted octanol–water partition coefficient (Wildman–Crippen LogP) is 7.46. The van der Waals surface area contributed by atoms with Crippen molar-refractivity contribution < 1.29 is 0 Å². The van der Waals surface area contributed by atoms with Crippen LogP contribution in [0, 0.1) is 0 Å². The van der Waals surface area contributed by atoms with Crippen molar-refractivity contribution >= 4 is 5.57 Å². The van der Waals surface area contributed by atoms with Crippen LogP contribution in [0.5, 0.6) is 0 Å². The number of fused-ring (bicyclic) bond motifs is 3. The molecule has 2 aromatic rings. The van der Waals surface area contributed by atoms with Gasteiger partial charge in [0.15, 0.2) is 0 Å². The second-order valence-corrected chi connectivity index (χ2v) is 8.12. The molecule has 0 saturated carbocycles. The van der Waals surface area contributed by atoms with Gasteiger partial charge in [-0.25, -0.2) is 0 Å². The van der Waals surface area contributed by atoms with Crippen molar-refractivity contribution in [2.75, 3.05) is 0 Å². The van der Waals surface area contributed by atoms with Crippen molar-refractivity contribution in [1.29, 1.82) is 0 Å². The molecule has 0 saturated heterocycles. The maximum Gasteiger partial charge on any atom is -0.000719 e. The molecule has 0 fully saturated rings. The Balaban J connectivity index is 1.97. The molecule has 2 aromatic carbocycles. The zero-order chi connectivity index (χ0) is 18.8. The van der Waals surface area contributed by atoms with Crippen molar-refractivity contribution in [3.8, 4) is 11.1 Å². The van der Waals surface area contributed by atoms with Gasteiger partial charge in [0.05, 0.1) is 0 Å². The Morgan fingerprint density at radius 1 is 0.852 bits per heavy atom. The molecule has 2 aliphatic carbocycles. The Labute approximate surface area is 165 Å². The Bertz CT molecular complexity index is 908. The normalized spacial score (nSPS) is 14.4. The minimum atomic E-state index is 1.09. The highest BCUT2D eigenvalue weighted by Crippen LogP contribution is 2.46. The van der Waals surface area contributed by atoms with Gasteiger partial charge in [-0.05, 0) is 82.2 Å². The van der Waals surface area contributed by atoms with E-state index < -0.39 is 0 Å². The Kier molecular flexibility index (Phi) is 5.34. The van der Waals surface area contributed by atoms with Gasteiger partial charge in [0, 0.05) is 0 Å². The third-order valence-corrected chi connectivity index (χ3v) is 6.14. The first kappa shape index (κ1) is 18.3. The van der Waals surface area contributed by atoms with E-state index in [-0.39, 0.29) is 0 Å². The SMILES string of the molecule is CCCc1cc2c(c(C3=CC=CC3)c1CCC)Cc1cccc(CCC)c1-2. The summed E-state index contributed by atoms with van der Waals surface area (Å²) < 4.78 is 0. The van der Waals surface area contributed by atoms with E-state index in [1.165, 1.54) is 44.1 Å². The summed E-state index contributed by atoms with van der Waals surface area (Å²) in [4.78, 5) is 0. The lowest BCUT2D eigenvalue weighted by Gasteiger charge is -2.21. The zero-order valence-electron chi connectivity index (χ0n) is 17.2. The molecular weight excluding hydrogens is 324 g/mol. The van der Waals surface area contributed by atoms with Gasteiger partial charge in [-0.2, -0.15) is 0 Å². The molecule has 0 heterocycles. The van der Waals surface area contributed by atoms with Crippen LogP contribution in [0.1, 0.15) is 79.8 Å². The number of benzene rings is 2. The maximum absolute atomic E-state index is 2.57. The van der Waals surface area contributed by atoms with Gasteiger partial charge in [0.25, 0.3) is 0 Å². The molecule has 0 atom stereocenters. The lowest BCUT2D eigenvalue weighted by molar-refractivity contribution is 0.856. The molecule has 140 valence electrons. The van der Waals surface area contributed by atoms with E-state index in [4.69, 9.17) is 0 Å². The molecule has 0 nitrogen and oxygen atoms in total. The Hall–Kier alpha value is -2.08. The van der Waals surface area contributed by atoms with Crippen molar-refractivity contribution in [3.05, 3.63) is 75.9 Å². The molecule has 0 spiro atoms. The first-order valence-electron chi connectivity index (χ1n) is 10.9. The second-order valence-electron chi connectivity index (χ2n) is 8.12. The third-order valence-electron chi connectivity index (χ3n) is 6.14. The molecule has 0 N–H and O–H groups in total. The summed E-state index contributed by atoms with van der Waals surface area (Å²) in [5.41, 5.74) is 14.2. The highest BCUT2D eigenvalue weighted by atomic mass is 14.3. The molecule has 2 aliphatic rings. The van der Waals surface area contributed by atoms with E-state index in [0.29, 0.717) is 0 Å². The fraction of sp³-hybridized carbons (Fsp3) is 0.407. The predicted molar refractivity (Wildman–Crippen MR) is 118 cm³/mol. The minimum absolute atomic E-state index is 1.09. The van der Waals surface area contributed by atoms with E-state index in [0.717, 1.165) is 12.8 Å². The summed E-state index contributed by atoms with van der Waals surface area (Å²) in [6.45, 7) is 6.93. The fourth-order valence-corrected chi connectivity index (χ4v) is 5.10. The quantitative estimate of drug-likeness (QED) is 0.412. The monoisotopic (exact) mass is 356 g/mol. The van der Waals surface area contributed by atoms with E-state index in [1.54, 1.807) is 44.5 Å². The lowest BCUT2D eigenvalue weighted by atomic mass is 9.83. The highest BCUT2D eigenvalue weighted by Gasteiger charge is 2.28. The van der Waals surface area contributed by atoms with Gasteiger partial charge >= 0.3 is 0 Å². The Morgan fingerprint density at radius 2 is 1.63 bits per heavy atom. The molecule has 0 amide bonds. The summed E-state index contributed by atoms with van der Waals surface area (Å²) in [7, 11) is 0. The molecule has 0 aromatic heterocycles. The molecule has 0 aliphatic heterocycles. The van der Waals surface area contributed by atoms with Crippen LogP contribution >= 0.6 is 0 Å². The van der Waals surface area contributed by atoms with Crippen molar-refractivity contribution in [1.82, 2.24) is 0 Å². The number of allylic oxidation sites excluding steroid dienone is 4. The minimum Gasteiger partial charge on any atom is -0.0801 e. The van der Waals surface area contributed by atoms with E-state index in [1.807, 2.05) is 0 Å². The summed E-state index contributed by atoms with van der Waals surface area (Å²) in [6.07, 6.45) is 16.4. The van der Waals surface area contributed by atoms with Crippen molar-refractivity contribution in [2.24, 2.45) is 0 Å². The first-order chi connectivity index (χ1) is 13.3. The van der Waals surface area contributed by atoms with Gasteiger partial charge in [-0.15, -0.1) is 0 Å². The average molecular weight is 357 g/mol. The van der Waals surface area contributed by atoms with E-state index >= 15 is 0 Å². The molecular formula is C27H32.